The molecule has 2 rings (SSSR count). The van der Waals surface area contributed by atoms with Crippen LogP contribution in [0.1, 0.15) is 37.3 Å². The zero-order valence-electron chi connectivity index (χ0n) is 11.8. The van der Waals surface area contributed by atoms with Gasteiger partial charge in [-0.3, -0.25) is 0 Å². The maximum absolute atomic E-state index is 5.18. The first-order valence-corrected chi connectivity index (χ1v) is 7.10. The number of furan rings is 1. The first kappa shape index (κ1) is 13.9. The van der Waals surface area contributed by atoms with Gasteiger partial charge in [0.15, 0.2) is 0 Å². The molecule has 0 spiro atoms. The van der Waals surface area contributed by atoms with Gasteiger partial charge < -0.3 is 9.73 Å². The Morgan fingerprint density at radius 3 is 2.58 bits per heavy atom. The molecule has 1 heterocycles. The molecule has 19 heavy (non-hydrogen) atoms. The summed E-state index contributed by atoms with van der Waals surface area (Å²) < 4.78 is 5.18. The quantitative estimate of drug-likeness (QED) is 0.811. The summed E-state index contributed by atoms with van der Waals surface area (Å²) in [5, 5.41) is 3.66. The van der Waals surface area contributed by atoms with Crippen LogP contribution in [0.5, 0.6) is 0 Å². The second kappa shape index (κ2) is 7.15. The Balaban J connectivity index is 2.08. The van der Waals surface area contributed by atoms with Crippen molar-refractivity contribution in [2.45, 2.75) is 38.6 Å². The summed E-state index contributed by atoms with van der Waals surface area (Å²) in [7, 11) is 0. The van der Waals surface area contributed by atoms with Gasteiger partial charge in [-0.05, 0) is 42.5 Å². The minimum absolute atomic E-state index is 0.444. The zero-order valence-corrected chi connectivity index (χ0v) is 11.8. The summed E-state index contributed by atoms with van der Waals surface area (Å²) in [6.45, 7) is 5.55. The molecule has 2 heteroatoms. The largest absolute Gasteiger partial charge is 0.472 e. The van der Waals surface area contributed by atoms with Crippen LogP contribution in [0.3, 0.4) is 0 Å². The Kier molecular flexibility index (Phi) is 5.22. The van der Waals surface area contributed by atoms with Crippen molar-refractivity contribution in [2.24, 2.45) is 0 Å². The lowest BCUT2D eigenvalue weighted by Gasteiger charge is -2.25. The summed E-state index contributed by atoms with van der Waals surface area (Å²) in [5.41, 5.74) is 2.65. The fourth-order valence-electron chi connectivity index (χ4n) is 2.41. The van der Waals surface area contributed by atoms with Crippen LogP contribution < -0.4 is 5.32 Å². The first-order chi connectivity index (χ1) is 9.31. The van der Waals surface area contributed by atoms with Crippen molar-refractivity contribution >= 4 is 0 Å². The van der Waals surface area contributed by atoms with Crippen LogP contribution >= 0.6 is 0 Å². The smallest absolute Gasteiger partial charge is 0.0935 e. The van der Waals surface area contributed by atoms with E-state index in [2.05, 4.69) is 55.6 Å². The molecule has 0 saturated carbocycles. The Bertz CT molecular complexity index is 449. The minimum Gasteiger partial charge on any atom is -0.472 e. The van der Waals surface area contributed by atoms with Crippen LogP contribution in [0.25, 0.3) is 0 Å². The molecule has 1 N–H and O–H groups in total. The molecule has 1 aromatic carbocycles. The Labute approximate surface area is 115 Å². The van der Waals surface area contributed by atoms with Gasteiger partial charge >= 0.3 is 0 Å². The van der Waals surface area contributed by atoms with Crippen LogP contribution in [0, 0.1) is 0 Å². The molecule has 102 valence electrons. The highest BCUT2D eigenvalue weighted by Gasteiger charge is 2.18. The molecule has 1 aromatic heterocycles. The summed E-state index contributed by atoms with van der Waals surface area (Å²) in [6, 6.07) is 13.2. The van der Waals surface area contributed by atoms with E-state index in [-0.39, 0.29) is 0 Å². The van der Waals surface area contributed by atoms with Gasteiger partial charge in [0, 0.05) is 6.04 Å². The summed E-state index contributed by atoms with van der Waals surface area (Å²) >= 11 is 0. The molecule has 2 atom stereocenters. The van der Waals surface area contributed by atoms with Gasteiger partial charge in [-0.1, -0.05) is 44.2 Å². The number of rotatable bonds is 7. The van der Waals surface area contributed by atoms with E-state index in [0.717, 1.165) is 19.4 Å². The normalized spacial score (nSPS) is 14.2. The topological polar surface area (TPSA) is 25.2 Å². The van der Waals surface area contributed by atoms with Crippen molar-refractivity contribution in [2.75, 3.05) is 6.54 Å². The average Bonchev–Trinajstić information content (AvgIpc) is 2.96. The third-order valence-electron chi connectivity index (χ3n) is 3.62. The van der Waals surface area contributed by atoms with Gasteiger partial charge in [-0.15, -0.1) is 0 Å². The highest BCUT2D eigenvalue weighted by atomic mass is 16.3. The van der Waals surface area contributed by atoms with Gasteiger partial charge in [0.1, 0.15) is 0 Å². The van der Waals surface area contributed by atoms with E-state index >= 15 is 0 Å². The van der Waals surface area contributed by atoms with Crippen LogP contribution in [0.4, 0.5) is 0 Å². The minimum atomic E-state index is 0.444. The monoisotopic (exact) mass is 257 g/mol. The molecule has 2 nitrogen and oxygen atoms in total. The molecule has 2 aromatic rings. The highest BCUT2D eigenvalue weighted by molar-refractivity contribution is 5.22. The Morgan fingerprint density at radius 2 is 1.95 bits per heavy atom. The molecule has 0 aliphatic carbocycles. The van der Waals surface area contributed by atoms with Crippen molar-refractivity contribution in [1.29, 1.82) is 0 Å². The van der Waals surface area contributed by atoms with Crippen molar-refractivity contribution < 1.29 is 4.42 Å². The zero-order chi connectivity index (χ0) is 13.5. The Morgan fingerprint density at radius 1 is 1.16 bits per heavy atom. The van der Waals surface area contributed by atoms with E-state index in [1.54, 1.807) is 6.26 Å². The van der Waals surface area contributed by atoms with E-state index in [9.17, 15) is 0 Å². The molecular weight excluding hydrogens is 234 g/mol. The molecule has 2 unspecified atom stereocenters. The van der Waals surface area contributed by atoms with E-state index in [1.165, 1.54) is 11.1 Å². The standard InChI is InChI=1S/C17H23NO/c1-3-10-18-17(12-15-9-11-19-13-15)14(2)16-7-5-4-6-8-16/h4-9,11,13-14,17-18H,3,10,12H2,1-2H3. The SMILES string of the molecule is CCCNC(Cc1ccoc1)C(C)c1ccccc1. The summed E-state index contributed by atoms with van der Waals surface area (Å²) in [5.74, 6) is 0.489. The van der Waals surface area contributed by atoms with Gasteiger partial charge in [0.05, 0.1) is 12.5 Å². The van der Waals surface area contributed by atoms with Crippen LogP contribution in [0.2, 0.25) is 0 Å². The Hall–Kier alpha value is -1.54. The lowest BCUT2D eigenvalue weighted by molar-refractivity contribution is 0.444. The van der Waals surface area contributed by atoms with Gasteiger partial charge in [0.25, 0.3) is 0 Å². The number of hydrogen-bond acceptors (Lipinski definition) is 2. The molecule has 0 aliphatic heterocycles. The molecular formula is C17H23NO. The van der Waals surface area contributed by atoms with E-state index in [0.29, 0.717) is 12.0 Å². The number of hydrogen-bond donors (Lipinski definition) is 1. The molecule has 0 aliphatic rings. The maximum Gasteiger partial charge on any atom is 0.0935 e. The lowest BCUT2D eigenvalue weighted by Crippen LogP contribution is -2.36. The van der Waals surface area contributed by atoms with Crippen molar-refractivity contribution in [3.8, 4) is 0 Å². The molecule has 0 fully saturated rings. The summed E-state index contributed by atoms with van der Waals surface area (Å²) in [4.78, 5) is 0. The highest BCUT2D eigenvalue weighted by Crippen LogP contribution is 2.22. The van der Waals surface area contributed by atoms with Crippen molar-refractivity contribution in [3.63, 3.8) is 0 Å². The first-order valence-electron chi connectivity index (χ1n) is 7.10. The van der Waals surface area contributed by atoms with E-state index in [1.807, 2.05) is 6.26 Å². The predicted octanol–water partition coefficient (Wildman–Crippen LogP) is 3.99. The molecule has 0 bridgehead atoms. The van der Waals surface area contributed by atoms with Crippen LogP contribution in [0.15, 0.2) is 53.3 Å². The predicted molar refractivity (Wildman–Crippen MR) is 79.4 cm³/mol. The second-order valence-electron chi connectivity index (χ2n) is 5.10. The maximum atomic E-state index is 5.18. The van der Waals surface area contributed by atoms with E-state index < -0.39 is 0 Å². The van der Waals surface area contributed by atoms with Crippen molar-refractivity contribution in [1.82, 2.24) is 5.32 Å². The fraction of sp³-hybridized carbons (Fsp3) is 0.412. The van der Waals surface area contributed by atoms with Gasteiger partial charge in [0.2, 0.25) is 0 Å². The van der Waals surface area contributed by atoms with Gasteiger partial charge in [-0.2, -0.15) is 0 Å². The number of nitrogens with one attached hydrogen (secondary N) is 1. The second-order valence-corrected chi connectivity index (χ2v) is 5.10. The molecule has 0 saturated heterocycles. The van der Waals surface area contributed by atoms with Crippen molar-refractivity contribution in [3.05, 3.63) is 60.1 Å². The molecule has 0 radical (unpaired) electrons. The van der Waals surface area contributed by atoms with E-state index in [4.69, 9.17) is 4.42 Å². The van der Waals surface area contributed by atoms with Crippen LogP contribution in [-0.4, -0.2) is 12.6 Å². The lowest BCUT2D eigenvalue weighted by atomic mass is 9.89. The third kappa shape index (κ3) is 3.97. The average molecular weight is 257 g/mol. The van der Waals surface area contributed by atoms with Gasteiger partial charge in [-0.25, -0.2) is 0 Å². The fourth-order valence-corrected chi connectivity index (χ4v) is 2.41. The third-order valence-corrected chi connectivity index (χ3v) is 3.62. The number of benzene rings is 1. The van der Waals surface area contributed by atoms with Crippen LogP contribution in [-0.2, 0) is 6.42 Å². The molecule has 0 amide bonds. The summed E-state index contributed by atoms with van der Waals surface area (Å²) in [6.07, 6.45) is 5.76.